The highest BCUT2D eigenvalue weighted by Gasteiger charge is 2.28. The van der Waals surface area contributed by atoms with Gasteiger partial charge in [0.05, 0.1) is 0 Å². The van der Waals surface area contributed by atoms with Crippen molar-refractivity contribution in [2.75, 3.05) is 25.4 Å². The summed E-state index contributed by atoms with van der Waals surface area (Å²) in [5.74, 6) is 1.08. The molecular weight excluding hydrogens is 346 g/mol. The van der Waals surface area contributed by atoms with Crippen LogP contribution in [0.25, 0.3) is 0 Å². The van der Waals surface area contributed by atoms with Gasteiger partial charge in [-0.25, -0.2) is 4.79 Å². The first-order valence-electron chi connectivity index (χ1n) is 7.89. The summed E-state index contributed by atoms with van der Waals surface area (Å²) < 4.78 is 1.86. The molecule has 1 aliphatic rings. The van der Waals surface area contributed by atoms with E-state index in [9.17, 15) is 4.79 Å². The molecule has 1 atom stereocenters. The number of rotatable bonds is 5. The summed E-state index contributed by atoms with van der Waals surface area (Å²) in [7, 11) is 1.90. The number of aryl methyl sites for hydroxylation is 1. The summed E-state index contributed by atoms with van der Waals surface area (Å²) in [4.78, 5) is 14.1. The second-order valence-corrected chi connectivity index (χ2v) is 7.23. The largest absolute Gasteiger partial charge is 0.337 e. The summed E-state index contributed by atoms with van der Waals surface area (Å²) >= 11 is 7.84. The molecule has 2 aromatic rings. The summed E-state index contributed by atoms with van der Waals surface area (Å²) in [6, 6.07) is 7.87. The Morgan fingerprint density at radius 2 is 2.29 bits per heavy atom. The fourth-order valence-electron chi connectivity index (χ4n) is 2.82. The van der Waals surface area contributed by atoms with Crippen molar-refractivity contribution in [3.63, 3.8) is 0 Å². The van der Waals surface area contributed by atoms with Gasteiger partial charge >= 0.3 is 6.03 Å². The number of nitrogens with zero attached hydrogens (tertiary/aromatic N) is 4. The lowest BCUT2D eigenvalue weighted by Crippen LogP contribution is -2.39. The van der Waals surface area contributed by atoms with Gasteiger partial charge in [-0.3, -0.25) is 0 Å². The van der Waals surface area contributed by atoms with Crippen LogP contribution < -0.4 is 5.32 Å². The maximum Gasteiger partial charge on any atom is 0.317 e. The topological polar surface area (TPSA) is 63.1 Å². The Hall–Kier alpha value is -1.73. The fraction of sp³-hybridized carbons (Fsp3) is 0.438. The molecule has 8 heteroatoms. The van der Waals surface area contributed by atoms with Crippen LogP contribution in [0.1, 0.15) is 17.9 Å². The molecule has 1 aliphatic heterocycles. The molecule has 128 valence electrons. The van der Waals surface area contributed by atoms with Crippen LogP contribution in [0.15, 0.2) is 35.7 Å². The van der Waals surface area contributed by atoms with E-state index in [1.54, 1.807) is 18.1 Å². The number of aromatic nitrogens is 3. The monoisotopic (exact) mass is 365 g/mol. The normalized spacial score (nSPS) is 17.2. The van der Waals surface area contributed by atoms with Crippen molar-refractivity contribution in [3.8, 4) is 0 Å². The van der Waals surface area contributed by atoms with Crippen LogP contribution in [-0.4, -0.2) is 51.1 Å². The molecule has 2 heterocycles. The van der Waals surface area contributed by atoms with E-state index in [0.717, 1.165) is 34.5 Å². The van der Waals surface area contributed by atoms with Crippen LogP contribution in [0.4, 0.5) is 4.79 Å². The molecule has 1 N–H and O–H groups in total. The number of carbonyl (C=O) groups excluding carboxylic acids is 1. The molecule has 6 nitrogen and oxygen atoms in total. The van der Waals surface area contributed by atoms with Crippen molar-refractivity contribution in [1.29, 1.82) is 0 Å². The molecule has 1 aromatic heterocycles. The van der Waals surface area contributed by atoms with Gasteiger partial charge in [0.2, 0.25) is 0 Å². The van der Waals surface area contributed by atoms with E-state index in [0.29, 0.717) is 19.0 Å². The van der Waals surface area contributed by atoms with Crippen LogP contribution in [-0.2, 0) is 7.05 Å². The van der Waals surface area contributed by atoms with Crippen molar-refractivity contribution in [1.82, 2.24) is 25.0 Å². The molecule has 3 rings (SSSR count). The molecular formula is C16H20ClN5OS. The smallest absolute Gasteiger partial charge is 0.317 e. The maximum absolute atomic E-state index is 12.3. The van der Waals surface area contributed by atoms with Crippen molar-refractivity contribution in [2.24, 2.45) is 7.05 Å². The van der Waals surface area contributed by atoms with Crippen molar-refractivity contribution in [2.45, 2.75) is 17.5 Å². The average molecular weight is 366 g/mol. The van der Waals surface area contributed by atoms with Crippen molar-refractivity contribution < 1.29 is 4.79 Å². The molecule has 0 radical (unpaired) electrons. The van der Waals surface area contributed by atoms with E-state index in [2.05, 4.69) is 15.5 Å². The number of carbonyl (C=O) groups is 1. The third-order valence-electron chi connectivity index (χ3n) is 4.10. The number of halogens is 1. The van der Waals surface area contributed by atoms with Crippen LogP contribution in [0.2, 0.25) is 5.02 Å². The molecule has 24 heavy (non-hydrogen) atoms. The molecule has 0 bridgehead atoms. The SMILES string of the molecule is Cn1cnnc1SCCNC(=O)N1CC[C@H](c2ccccc2Cl)C1. The number of nitrogens with one attached hydrogen (secondary N) is 1. The zero-order chi connectivity index (χ0) is 16.9. The van der Waals surface area contributed by atoms with Gasteiger partial charge in [-0.05, 0) is 18.1 Å². The Bertz CT molecular complexity index is 707. The second kappa shape index (κ2) is 7.90. The summed E-state index contributed by atoms with van der Waals surface area (Å²) in [5, 5.41) is 12.4. The highest BCUT2D eigenvalue weighted by atomic mass is 35.5. The van der Waals surface area contributed by atoms with Crippen LogP contribution in [0.5, 0.6) is 0 Å². The molecule has 1 aromatic carbocycles. The van der Waals surface area contributed by atoms with Crippen LogP contribution in [0.3, 0.4) is 0 Å². The Kier molecular flexibility index (Phi) is 5.63. The predicted octanol–water partition coefficient (Wildman–Crippen LogP) is 2.76. The minimum atomic E-state index is -0.0110. The number of likely N-dealkylation sites (tertiary alicyclic amines) is 1. The van der Waals surface area contributed by atoms with Crippen LogP contribution >= 0.6 is 23.4 Å². The van der Waals surface area contributed by atoms with Gasteiger partial charge in [-0.1, -0.05) is 41.6 Å². The van der Waals surface area contributed by atoms with E-state index < -0.39 is 0 Å². The third-order valence-corrected chi connectivity index (χ3v) is 5.48. The number of amides is 2. The van der Waals surface area contributed by atoms with Gasteiger partial charge in [0.1, 0.15) is 6.33 Å². The highest BCUT2D eigenvalue weighted by molar-refractivity contribution is 7.99. The average Bonchev–Trinajstić information content (AvgIpc) is 3.21. The second-order valence-electron chi connectivity index (χ2n) is 5.76. The maximum atomic E-state index is 12.3. The van der Waals surface area contributed by atoms with E-state index >= 15 is 0 Å². The quantitative estimate of drug-likeness (QED) is 0.653. The summed E-state index contributed by atoms with van der Waals surface area (Å²) in [6.07, 6.45) is 2.62. The molecule has 1 fully saturated rings. The lowest BCUT2D eigenvalue weighted by Gasteiger charge is -2.18. The van der Waals surface area contributed by atoms with E-state index in [4.69, 9.17) is 11.6 Å². The van der Waals surface area contributed by atoms with Gasteiger partial charge < -0.3 is 14.8 Å². The van der Waals surface area contributed by atoms with Crippen LogP contribution in [0, 0.1) is 0 Å². The van der Waals surface area contributed by atoms with Gasteiger partial charge in [0, 0.05) is 43.4 Å². The van der Waals surface area contributed by atoms with Crippen molar-refractivity contribution >= 4 is 29.4 Å². The number of urea groups is 1. The summed E-state index contributed by atoms with van der Waals surface area (Å²) in [6.45, 7) is 2.08. The first kappa shape index (κ1) is 17.1. The molecule has 0 aliphatic carbocycles. The Morgan fingerprint density at radius 3 is 3.04 bits per heavy atom. The molecule has 0 saturated carbocycles. The van der Waals surface area contributed by atoms with E-state index in [1.807, 2.05) is 40.8 Å². The zero-order valence-corrected chi connectivity index (χ0v) is 15.1. The van der Waals surface area contributed by atoms with Gasteiger partial charge in [0.25, 0.3) is 0 Å². The third kappa shape index (κ3) is 4.02. The first-order chi connectivity index (χ1) is 11.6. The molecule has 0 spiro atoms. The Labute approximate surface area is 150 Å². The van der Waals surface area contributed by atoms with Gasteiger partial charge in [0.15, 0.2) is 5.16 Å². The predicted molar refractivity (Wildman–Crippen MR) is 95.5 cm³/mol. The van der Waals surface area contributed by atoms with E-state index in [-0.39, 0.29) is 6.03 Å². The minimum Gasteiger partial charge on any atom is -0.337 e. The van der Waals surface area contributed by atoms with E-state index in [1.165, 1.54) is 0 Å². The highest BCUT2D eigenvalue weighted by Crippen LogP contribution is 2.31. The van der Waals surface area contributed by atoms with Crippen molar-refractivity contribution in [3.05, 3.63) is 41.2 Å². The number of hydrogen-bond acceptors (Lipinski definition) is 4. The molecule has 1 saturated heterocycles. The molecule has 2 amide bonds. The Balaban J connectivity index is 1.43. The number of thioether (sulfide) groups is 1. The lowest BCUT2D eigenvalue weighted by atomic mass is 9.98. The fourth-order valence-corrected chi connectivity index (χ4v) is 3.85. The Morgan fingerprint density at radius 1 is 1.46 bits per heavy atom. The zero-order valence-electron chi connectivity index (χ0n) is 13.5. The number of hydrogen-bond donors (Lipinski definition) is 1. The van der Waals surface area contributed by atoms with Gasteiger partial charge in [-0.15, -0.1) is 10.2 Å². The summed E-state index contributed by atoms with van der Waals surface area (Å²) in [5.41, 5.74) is 1.13. The minimum absolute atomic E-state index is 0.0110. The standard InChI is InChI=1S/C16H20ClN5OS/c1-21-11-19-20-16(21)24-9-7-18-15(23)22-8-6-12(10-22)13-4-2-3-5-14(13)17/h2-5,11-12H,6-10H2,1H3,(H,18,23)/t12-/m0/s1. The first-order valence-corrected chi connectivity index (χ1v) is 9.25. The molecule has 0 unspecified atom stereocenters. The lowest BCUT2D eigenvalue weighted by molar-refractivity contribution is 0.209. The van der Waals surface area contributed by atoms with Gasteiger partial charge in [-0.2, -0.15) is 0 Å². The number of benzene rings is 1.